The molecule has 3 heteroatoms. The molecular weight excluding hydrogens is 216 g/mol. The molecule has 1 aromatic rings. The highest BCUT2D eigenvalue weighted by molar-refractivity contribution is 5.91. The average Bonchev–Trinajstić information content (AvgIpc) is 2.91. The smallest absolute Gasteiger partial charge is 0.338 e. The molecule has 92 valence electrons. The third-order valence-electron chi connectivity index (χ3n) is 3.53. The third kappa shape index (κ3) is 2.50. The van der Waals surface area contributed by atoms with Gasteiger partial charge >= 0.3 is 5.97 Å². The number of hydrogen-bond donors (Lipinski definition) is 1. The summed E-state index contributed by atoms with van der Waals surface area (Å²) >= 11 is 0. The summed E-state index contributed by atoms with van der Waals surface area (Å²) in [5, 5.41) is 10.3. The van der Waals surface area contributed by atoms with Gasteiger partial charge in [-0.25, -0.2) is 4.79 Å². The van der Waals surface area contributed by atoms with Crippen LogP contribution in [-0.2, 0) is 4.74 Å². The van der Waals surface area contributed by atoms with Gasteiger partial charge in [0.15, 0.2) is 0 Å². The van der Waals surface area contributed by atoms with E-state index in [0.717, 1.165) is 12.8 Å². The molecule has 1 atom stereocenters. The number of carbonyl (C=O) groups is 1. The monoisotopic (exact) mass is 234 g/mol. The summed E-state index contributed by atoms with van der Waals surface area (Å²) in [6, 6.07) is 7.16. The lowest BCUT2D eigenvalue weighted by atomic mass is 9.91. The fraction of sp³-hybridized carbons (Fsp3) is 0.500. The van der Waals surface area contributed by atoms with Crippen LogP contribution in [0.25, 0.3) is 0 Å². The van der Waals surface area contributed by atoms with E-state index in [-0.39, 0.29) is 11.9 Å². The number of methoxy groups -OCH3 is 1. The van der Waals surface area contributed by atoms with E-state index in [1.54, 1.807) is 12.1 Å². The zero-order chi connectivity index (χ0) is 12.3. The maximum atomic E-state index is 11.6. The highest BCUT2D eigenvalue weighted by Gasteiger charge is 2.27. The highest BCUT2D eigenvalue weighted by atomic mass is 16.5. The largest absolute Gasteiger partial charge is 0.465 e. The van der Waals surface area contributed by atoms with Crippen LogP contribution in [0.1, 0.15) is 47.7 Å². The maximum absolute atomic E-state index is 11.6. The van der Waals surface area contributed by atoms with E-state index in [0.29, 0.717) is 11.1 Å². The number of aliphatic hydroxyl groups is 1. The lowest BCUT2D eigenvalue weighted by Crippen LogP contribution is -2.14. The minimum absolute atomic E-state index is 0.279. The minimum atomic E-state index is -0.548. The summed E-state index contributed by atoms with van der Waals surface area (Å²) in [6.07, 6.45) is 3.87. The molecule has 0 aliphatic heterocycles. The molecule has 1 aliphatic carbocycles. The lowest BCUT2D eigenvalue weighted by molar-refractivity contribution is 0.0584. The topological polar surface area (TPSA) is 46.5 Å². The number of carbonyl (C=O) groups excluding carboxylic acids is 1. The van der Waals surface area contributed by atoms with Gasteiger partial charge in [0.25, 0.3) is 0 Å². The molecule has 1 N–H and O–H groups in total. The van der Waals surface area contributed by atoms with Gasteiger partial charge in [-0.15, -0.1) is 0 Å². The van der Waals surface area contributed by atoms with Crippen LogP contribution in [0.15, 0.2) is 24.3 Å². The Hall–Kier alpha value is -1.35. The summed E-state index contributed by atoms with van der Waals surface area (Å²) in [7, 11) is 1.36. The number of ether oxygens (including phenoxy) is 1. The molecule has 3 nitrogen and oxygen atoms in total. The van der Waals surface area contributed by atoms with Crippen LogP contribution in [0.5, 0.6) is 0 Å². The Balaban J connectivity index is 2.27. The van der Waals surface area contributed by atoms with Gasteiger partial charge in [0.05, 0.1) is 18.8 Å². The second-order valence-electron chi connectivity index (χ2n) is 4.57. The zero-order valence-electron chi connectivity index (χ0n) is 10.1. The van der Waals surface area contributed by atoms with Gasteiger partial charge in [0, 0.05) is 0 Å². The Morgan fingerprint density at radius 2 is 2.00 bits per heavy atom. The van der Waals surface area contributed by atoms with Gasteiger partial charge < -0.3 is 9.84 Å². The van der Waals surface area contributed by atoms with Crippen LogP contribution in [0.2, 0.25) is 0 Å². The van der Waals surface area contributed by atoms with Gasteiger partial charge in [-0.1, -0.05) is 31.0 Å². The van der Waals surface area contributed by atoms with E-state index < -0.39 is 6.10 Å². The van der Waals surface area contributed by atoms with Crippen molar-refractivity contribution in [2.75, 3.05) is 7.11 Å². The molecule has 1 aliphatic rings. The molecule has 2 rings (SSSR count). The van der Waals surface area contributed by atoms with Crippen LogP contribution in [0.4, 0.5) is 0 Å². The number of hydrogen-bond acceptors (Lipinski definition) is 3. The fourth-order valence-corrected chi connectivity index (χ4v) is 2.58. The van der Waals surface area contributed by atoms with Crippen LogP contribution < -0.4 is 0 Å². The first-order valence-electron chi connectivity index (χ1n) is 6.09. The Labute approximate surface area is 101 Å². The standard InChI is InChI=1S/C14H18O3/c1-17-14(16)12-9-5-4-8-11(12)13(15)10-6-2-3-7-10/h4-5,8-10,13,15H,2-3,6-7H2,1H3. The Morgan fingerprint density at radius 1 is 1.35 bits per heavy atom. The molecule has 1 unspecified atom stereocenters. The van der Waals surface area contributed by atoms with Crippen molar-refractivity contribution in [3.63, 3.8) is 0 Å². The maximum Gasteiger partial charge on any atom is 0.338 e. The number of esters is 1. The van der Waals surface area contributed by atoms with Crippen LogP contribution >= 0.6 is 0 Å². The Morgan fingerprint density at radius 3 is 2.65 bits per heavy atom. The van der Waals surface area contributed by atoms with Crippen molar-refractivity contribution in [3.05, 3.63) is 35.4 Å². The molecule has 0 amide bonds. The lowest BCUT2D eigenvalue weighted by Gasteiger charge is -2.20. The summed E-state index contributed by atoms with van der Waals surface area (Å²) in [5.74, 6) is -0.0987. The van der Waals surface area contributed by atoms with Gasteiger partial charge in [-0.3, -0.25) is 0 Å². The van der Waals surface area contributed by atoms with Gasteiger partial charge in [-0.05, 0) is 30.4 Å². The van der Waals surface area contributed by atoms with E-state index >= 15 is 0 Å². The van der Waals surface area contributed by atoms with Crippen molar-refractivity contribution >= 4 is 5.97 Å². The van der Waals surface area contributed by atoms with Crippen LogP contribution in [0, 0.1) is 5.92 Å². The summed E-state index contributed by atoms with van der Waals surface area (Å²) in [5.41, 5.74) is 1.18. The average molecular weight is 234 g/mol. The summed E-state index contributed by atoms with van der Waals surface area (Å²) in [4.78, 5) is 11.6. The van der Waals surface area contributed by atoms with Gasteiger partial charge in [0.1, 0.15) is 0 Å². The van der Waals surface area contributed by atoms with E-state index in [1.165, 1.54) is 20.0 Å². The Kier molecular flexibility index (Phi) is 3.79. The van der Waals surface area contributed by atoms with Crippen molar-refractivity contribution in [2.45, 2.75) is 31.8 Å². The first-order chi connectivity index (χ1) is 8.24. The van der Waals surface area contributed by atoms with Crippen LogP contribution in [-0.4, -0.2) is 18.2 Å². The number of rotatable bonds is 3. The highest BCUT2D eigenvalue weighted by Crippen LogP contribution is 2.36. The van der Waals surface area contributed by atoms with Crippen molar-refractivity contribution in [1.82, 2.24) is 0 Å². The molecular formula is C14H18O3. The second kappa shape index (κ2) is 5.32. The SMILES string of the molecule is COC(=O)c1ccccc1C(O)C1CCCC1. The van der Waals surface area contributed by atoms with Crippen LogP contribution in [0.3, 0.4) is 0 Å². The van der Waals surface area contributed by atoms with Gasteiger partial charge in [0.2, 0.25) is 0 Å². The quantitative estimate of drug-likeness (QED) is 0.818. The first kappa shape index (κ1) is 12.1. The number of benzene rings is 1. The zero-order valence-corrected chi connectivity index (χ0v) is 10.1. The number of aliphatic hydroxyl groups excluding tert-OH is 1. The Bertz CT molecular complexity index is 394. The molecule has 0 saturated heterocycles. The fourth-order valence-electron chi connectivity index (χ4n) is 2.58. The van der Waals surface area contributed by atoms with Crippen molar-refractivity contribution in [3.8, 4) is 0 Å². The van der Waals surface area contributed by atoms with E-state index in [2.05, 4.69) is 0 Å². The van der Waals surface area contributed by atoms with E-state index in [4.69, 9.17) is 4.74 Å². The van der Waals surface area contributed by atoms with Gasteiger partial charge in [-0.2, -0.15) is 0 Å². The molecule has 1 fully saturated rings. The summed E-state index contributed by atoms with van der Waals surface area (Å²) < 4.78 is 4.74. The van der Waals surface area contributed by atoms with E-state index in [9.17, 15) is 9.90 Å². The molecule has 1 aromatic carbocycles. The molecule has 0 spiro atoms. The van der Waals surface area contributed by atoms with E-state index in [1.807, 2.05) is 12.1 Å². The second-order valence-corrected chi connectivity index (χ2v) is 4.57. The molecule has 17 heavy (non-hydrogen) atoms. The predicted octanol–water partition coefficient (Wildman–Crippen LogP) is 2.70. The first-order valence-corrected chi connectivity index (χ1v) is 6.09. The normalized spacial score (nSPS) is 18.0. The van der Waals surface area contributed by atoms with Crippen molar-refractivity contribution in [2.24, 2.45) is 5.92 Å². The van der Waals surface area contributed by atoms with Crippen molar-refractivity contribution < 1.29 is 14.6 Å². The minimum Gasteiger partial charge on any atom is -0.465 e. The molecule has 0 heterocycles. The molecule has 0 radical (unpaired) electrons. The predicted molar refractivity (Wildman–Crippen MR) is 64.7 cm³/mol. The van der Waals surface area contributed by atoms with Crippen molar-refractivity contribution in [1.29, 1.82) is 0 Å². The summed E-state index contributed by atoms with van der Waals surface area (Å²) in [6.45, 7) is 0. The molecule has 1 saturated carbocycles. The molecule has 0 aromatic heterocycles. The molecule has 0 bridgehead atoms. The third-order valence-corrected chi connectivity index (χ3v) is 3.53.